The molecule has 1 amide bonds. The molecule has 3 rings (SSSR count). The third-order valence-corrected chi connectivity index (χ3v) is 4.62. The molecule has 118 valence electrons. The lowest BCUT2D eigenvalue weighted by atomic mass is 10.3. The van der Waals surface area contributed by atoms with Crippen LogP contribution in [-0.4, -0.2) is 56.7 Å². The number of hydrogen-bond acceptors (Lipinski definition) is 5. The normalized spacial score (nSPS) is 16.2. The molecule has 0 aliphatic carbocycles. The van der Waals surface area contributed by atoms with Crippen molar-refractivity contribution in [2.24, 2.45) is 0 Å². The highest BCUT2D eigenvalue weighted by molar-refractivity contribution is 7.07. The molecule has 0 radical (unpaired) electrons. The fourth-order valence-corrected chi connectivity index (χ4v) is 3.31. The second kappa shape index (κ2) is 6.58. The summed E-state index contributed by atoms with van der Waals surface area (Å²) >= 11 is 1.63. The average molecular weight is 319 g/mol. The maximum absolute atomic E-state index is 12.4. The number of carbonyl (C=O) groups excluding carboxylic acids is 1. The first-order valence-electron chi connectivity index (χ1n) is 7.50. The first-order valence-corrected chi connectivity index (χ1v) is 8.44. The van der Waals surface area contributed by atoms with E-state index in [2.05, 4.69) is 20.4 Å². The summed E-state index contributed by atoms with van der Waals surface area (Å²) in [4.78, 5) is 21.0. The summed E-state index contributed by atoms with van der Waals surface area (Å²) in [7, 11) is 0. The van der Waals surface area contributed by atoms with Gasteiger partial charge in [-0.3, -0.25) is 14.4 Å². The second-order valence-electron chi connectivity index (χ2n) is 5.72. The van der Waals surface area contributed by atoms with E-state index in [1.54, 1.807) is 16.0 Å². The van der Waals surface area contributed by atoms with Gasteiger partial charge in [0.15, 0.2) is 0 Å². The van der Waals surface area contributed by atoms with Crippen LogP contribution in [0.1, 0.15) is 17.1 Å². The number of hydrogen-bond donors (Lipinski definition) is 0. The molecular formula is C15H21N5OS. The topological polar surface area (TPSA) is 54.3 Å². The van der Waals surface area contributed by atoms with E-state index >= 15 is 0 Å². The summed E-state index contributed by atoms with van der Waals surface area (Å²) in [5.74, 6) is 0.152. The molecule has 1 saturated heterocycles. The van der Waals surface area contributed by atoms with E-state index in [9.17, 15) is 4.79 Å². The molecule has 2 aromatic heterocycles. The van der Waals surface area contributed by atoms with Gasteiger partial charge >= 0.3 is 0 Å². The van der Waals surface area contributed by atoms with E-state index in [4.69, 9.17) is 0 Å². The van der Waals surface area contributed by atoms with Crippen molar-refractivity contribution in [1.82, 2.24) is 24.6 Å². The maximum Gasteiger partial charge on any atom is 0.244 e. The lowest BCUT2D eigenvalue weighted by Crippen LogP contribution is -2.49. The minimum atomic E-state index is 0.152. The van der Waals surface area contributed by atoms with Gasteiger partial charge in [-0.05, 0) is 19.9 Å². The van der Waals surface area contributed by atoms with Gasteiger partial charge in [0.05, 0.1) is 16.9 Å². The van der Waals surface area contributed by atoms with Gasteiger partial charge in [0.2, 0.25) is 5.91 Å². The predicted molar refractivity (Wildman–Crippen MR) is 85.7 cm³/mol. The van der Waals surface area contributed by atoms with Crippen molar-refractivity contribution >= 4 is 17.2 Å². The summed E-state index contributed by atoms with van der Waals surface area (Å²) in [6.45, 7) is 8.52. The molecule has 0 bridgehead atoms. The van der Waals surface area contributed by atoms with Crippen molar-refractivity contribution in [2.75, 3.05) is 26.2 Å². The third-order valence-electron chi connectivity index (χ3n) is 3.98. The molecule has 0 spiro atoms. The Labute approximate surface area is 134 Å². The van der Waals surface area contributed by atoms with Crippen molar-refractivity contribution in [1.29, 1.82) is 0 Å². The Bertz CT molecular complexity index is 628. The molecule has 3 heterocycles. The van der Waals surface area contributed by atoms with E-state index in [0.717, 1.165) is 49.8 Å². The summed E-state index contributed by atoms with van der Waals surface area (Å²) in [6.07, 6.45) is 0. The van der Waals surface area contributed by atoms with E-state index in [0.29, 0.717) is 6.54 Å². The number of amides is 1. The fraction of sp³-hybridized carbons (Fsp3) is 0.533. The van der Waals surface area contributed by atoms with Crippen LogP contribution in [0.2, 0.25) is 0 Å². The smallest absolute Gasteiger partial charge is 0.244 e. The Morgan fingerprint density at radius 1 is 1.27 bits per heavy atom. The Balaban J connectivity index is 1.50. The Hall–Kier alpha value is -1.73. The molecule has 22 heavy (non-hydrogen) atoms. The van der Waals surface area contributed by atoms with E-state index in [-0.39, 0.29) is 5.91 Å². The quantitative estimate of drug-likeness (QED) is 0.852. The van der Waals surface area contributed by atoms with E-state index in [1.165, 1.54) is 0 Å². The van der Waals surface area contributed by atoms with Gasteiger partial charge in [-0.2, -0.15) is 5.10 Å². The van der Waals surface area contributed by atoms with E-state index in [1.807, 2.05) is 30.3 Å². The Morgan fingerprint density at radius 2 is 2.05 bits per heavy atom. The van der Waals surface area contributed by atoms with Crippen molar-refractivity contribution in [2.45, 2.75) is 26.9 Å². The van der Waals surface area contributed by atoms with Crippen LogP contribution < -0.4 is 0 Å². The molecule has 6 nitrogen and oxygen atoms in total. The van der Waals surface area contributed by atoms with E-state index < -0.39 is 0 Å². The molecule has 0 unspecified atom stereocenters. The van der Waals surface area contributed by atoms with Crippen molar-refractivity contribution in [3.63, 3.8) is 0 Å². The van der Waals surface area contributed by atoms with Crippen LogP contribution in [-0.2, 0) is 17.9 Å². The number of rotatable bonds is 4. The first kappa shape index (κ1) is 15.2. The number of carbonyl (C=O) groups is 1. The summed E-state index contributed by atoms with van der Waals surface area (Å²) in [5, 5.41) is 6.45. The van der Waals surface area contributed by atoms with Crippen LogP contribution in [0.3, 0.4) is 0 Å². The molecule has 1 fully saturated rings. The summed E-state index contributed by atoms with van der Waals surface area (Å²) in [5.41, 5.74) is 4.97. The number of aryl methyl sites for hydroxylation is 2. The van der Waals surface area contributed by atoms with Crippen LogP contribution in [0.4, 0.5) is 0 Å². The van der Waals surface area contributed by atoms with Crippen LogP contribution in [0.25, 0.3) is 0 Å². The highest BCUT2D eigenvalue weighted by Gasteiger charge is 2.22. The predicted octanol–water partition coefficient (Wildman–Crippen LogP) is 1.30. The lowest BCUT2D eigenvalue weighted by molar-refractivity contribution is -0.133. The van der Waals surface area contributed by atoms with Gasteiger partial charge in [-0.15, -0.1) is 11.3 Å². The number of thiazole rings is 1. The van der Waals surface area contributed by atoms with Gasteiger partial charge < -0.3 is 4.90 Å². The molecule has 0 aromatic carbocycles. The van der Waals surface area contributed by atoms with Crippen molar-refractivity contribution in [3.8, 4) is 0 Å². The number of nitrogens with zero attached hydrogens (tertiary/aromatic N) is 5. The SMILES string of the molecule is Cc1cc(C)n(CC(=O)N2CCN(Cc3cscn3)CC2)n1. The van der Waals surface area contributed by atoms with Crippen LogP contribution in [0.15, 0.2) is 17.0 Å². The van der Waals surface area contributed by atoms with Gasteiger partial charge in [0.25, 0.3) is 0 Å². The highest BCUT2D eigenvalue weighted by Crippen LogP contribution is 2.10. The largest absolute Gasteiger partial charge is 0.339 e. The van der Waals surface area contributed by atoms with Gasteiger partial charge in [-0.25, -0.2) is 4.98 Å². The van der Waals surface area contributed by atoms with Gasteiger partial charge in [0, 0.05) is 43.8 Å². The number of aromatic nitrogens is 3. The zero-order valence-electron chi connectivity index (χ0n) is 13.0. The number of piperazine rings is 1. The lowest BCUT2D eigenvalue weighted by Gasteiger charge is -2.34. The molecule has 0 saturated carbocycles. The third kappa shape index (κ3) is 3.53. The van der Waals surface area contributed by atoms with Crippen molar-refractivity contribution in [3.05, 3.63) is 34.0 Å². The van der Waals surface area contributed by atoms with Crippen LogP contribution >= 0.6 is 11.3 Å². The molecule has 2 aromatic rings. The monoisotopic (exact) mass is 319 g/mol. The Morgan fingerprint density at radius 3 is 2.64 bits per heavy atom. The molecule has 7 heteroatoms. The summed E-state index contributed by atoms with van der Waals surface area (Å²) in [6, 6.07) is 2.00. The first-order chi connectivity index (χ1) is 10.6. The average Bonchev–Trinajstić information content (AvgIpc) is 3.10. The molecule has 0 atom stereocenters. The maximum atomic E-state index is 12.4. The summed E-state index contributed by atoms with van der Waals surface area (Å²) < 4.78 is 1.79. The van der Waals surface area contributed by atoms with Crippen LogP contribution in [0.5, 0.6) is 0 Å². The fourth-order valence-electron chi connectivity index (χ4n) is 2.76. The minimum Gasteiger partial charge on any atom is -0.339 e. The van der Waals surface area contributed by atoms with Crippen molar-refractivity contribution < 1.29 is 4.79 Å². The van der Waals surface area contributed by atoms with Gasteiger partial charge in [-0.1, -0.05) is 0 Å². The molecular weight excluding hydrogens is 298 g/mol. The van der Waals surface area contributed by atoms with Crippen LogP contribution in [0, 0.1) is 13.8 Å². The highest BCUT2D eigenvalue weighted by atomic mass is 32.1. The molecule has 0 N–H and O–H groups in total. The second-order valence-corrected chi connectivity index (χ2v) is 6.44. The molecule has 1 aliphatic heterocycles. The molecule has 1 aliphatic rings. The zero-order valence-corrected chi connectivity index (χ0v) is 13.8. The standard InChI is InChI=1S/C15H21N5OS/c1-12-7-13(2)20(17-12)9-15(21)19-5-3-18(4-6-19)8-14-10-22-11-16-14/h7,10-11H,3-6,8-9H2,1-2H3. The Kier molecular flexibility index (Phi) is 4.54. The zero-order chi connectivity index (χ0) is 15.5. The van der Waals surface area contributed by atoms with Gasteiger partial charge in [0.1, 0.15) is 6.54 Å². The minimum absolute atomic E-state index is 0.152.